The summed E-state index contributed by atoms with van der Waals surface area (Å²) >= 11 is 1.80. The zero-order valence-electron chi connectivity index (χ0n) is 9.73. The van der Waals surface area contributed by atoms with Crippen molar-refractivity contribution in [3.63, 3.8) is 0 Å². The molecule has 102 valence electrons. The Morgan fingerprint density at radius 1 is 1.28 bits per heavy atom. The summed E-state index contributed by atoms with van der Waals surface area (Å²) in [5, 5.41) is 5.67. The van der Waals surface area contributed by atoms with Crippen molar-refractivity contribution in [2.45, 2.75) is 6.92 Å². The third-order valence-electron chi connectivity index (χ3n) is 2.09. The molecule has 1 aromatic carbocycles. The van der Waals surface area contributed by atoms with Crippen LogP contribution in [-0.4, -0.2) is 25.5 Å². The number of carbonyl (C=O) groups excluding carboxylic acids is 1. The first-order chi connectivity index (χ1) is 8.06. The van der Waals surface area contributed by atoms with Crippen LogP contribution < -0.4 is 10.6 Å². The van der Waals surface area contributed by atoms with Gasteiger partial charge in [0.25, 0.3) is 5.91 Å². The van der Waals surface area contributed by atoms with Crippen LogP contribution in [0, 0.1) is 15.2 Å². The molecule has 1 rings (SSSR count). The number of hydrogen-bond acceptors (Lipinski definition) is 2. The smallest absolute Gasteiger partial charge is 0.252 e. The molecule has 7 heteroatoms. The fourth-order valence-corrected chi connectivity index (χ4v) is 1.91. The van der Waals surface area contributed by atoms with Crippen LogP contribution in [0.15, 0.2) is 12.1 Å². The Bertz CT molecular complexity index is 418. The highest BCUT2D eigenvalue weighted by molar-refractivity contribution is 14.1. The average Bonchev–Trinajstić information content (AvgIpc) is 2.29. The summed E-state index contributed by atoms with van der Waals surface area (Å²) < 4.78 is 26.2. The predicted molar refractivity (Wildman–Crippen MR) is 77.2 cm³/mol. The van der Waals surface area contributed by atoms with Gasteiger partial charge in [-0.3, -0.25) is 4.79 Å². The monoisotopic (exact) mass is 390 g/mol. The fourth-order valence-electron chi connectivity index (χ4n) is 1.23. The van der Waals surface area contributed by atoms with E-state index in [1.54, 1.807) is 22.6 Å². The summed E-state index contributed by atoms with van der Waals surface area (Å²) in [5.74, 6) is -2.35. The molecule has 0 saturated carbocycles. The van der Waals surface area contributed by atoms with E-state index >= 15 is 0 Å². The number of amides is 1. The van der Waals surface area contributed by atoms with Crippen LogP contribution >= 0.6 is 35.0 Å². The van der Waals surface area contributed by atoms with Crippen molar-refractivity contribution in [1.29, 1.82) is 0 Å². The Hall–Kier alpha value is -0.470. The number of nitrogens with one attached hydrogen (secondary N) is 2. The van der Waals surface area contributed by atoms with Gasteiger partial charge in [0, 0.05) is 16.7 Å². The molecule has 0 aliphatic carbocycles. The van der Waals surface area contributed by atoms with Crippen LogP contribution in [-0.2, 0) is 0 Å². The van der Waals surface area contributed by atoms with Gasteiger partial charge in [0.2, 0.25) is 0 Å². The topological polar surface area (TPSA) is 41.1 Å². The molecule has 1 amide bonds. The lowest BCUT2D eigenvalue weighted by Crippen LogP contribution is -2.32. The molecule has 0 aromatic heterocycles. The Kier molecular flexibility index (Phi) is 8.38. The molecule has 0 fully saturated rings. The normalized spacial score (nSPS) is 9.78. The number of rotatable bonds is 5. The van der Waals surface area contributed by atoms with Crippen LogP contribution in [0.1, 0.15) is 17.3 Å². The quantitative estimate of drug-likeness (QED) is 0.460. The highest BCUT2D eigenvalue weighted by Gasteiger charge is 2.13. The second-order valence-corrected chi connectivity index (χ2v) is 4.52. The van der Waals surface area contributed by atoms with Crippen molar-refractivity contribution in [3.05, 3.63) is 32.9 Å². The van der Waals surface area contributed by atoms with E-state index < -0.39 is 17.5 Å². The second-order valence-electron chi connectivity index (χ2n) is 3.36. The molecule has 0 aliphatic heterocycles. The van der Waals surface area contributed by atoms with Crippen LogP contribution in [0.3, 0.4) is 0 Å². The number of carbonyl (C=O) groups is 1. The maximum Gasteiger partial charge on any atom is 0.252 e. The van der Waals surface area contributed by atoms with Crippen LogP contribution in [0.5, 0.6) is 0 Å². The lowest BCUT2D eigenvalue weighted by Gasteiger charge is -2.07. The van der Waals surface area contributed by atoms with E-state index in [9.17, 15) is 13.6 Å². The third kappa shape index (κ3) is 5.03. The molecule has 3 nitrogen and oxygen atoms in total. The molecule has 0 aliphatic rings. The lowest BCUT2D eigenvalue weighted by atomic mass is 10.2. The lowest BCUT2D eigenvalue weighted by molar-refractivity contribution is 0.0952. The first kappa shape index (κ1) is 17.5. The van der Waals surface area contributed by atoms with Gasteiger partial charge >= 0.3 is 0 Å². The van der Waals surface area contributed by atoms with E-state index in [1.165, 1.54) is 0 Å². The summed E-state index contributed by atoms with van der Waals surface area (Å²) in [4.78, 5) is 11.7. The molecule has 2 N–H and O–H groups in total. The van der Waals surface area contributed by atoms with Crippen molar-refractivity contribution in [2.24, 2.45) is 0 Å². The number of hydrogen-bond donors (Lipinski definition) is 2. The summed E-state index contributed by atoms with van der Waals surface area (Å²) in [5.41, 5.74) is 0.154. The summed E-state index contributed by atoms with van der Waals surface area (Å²) in [6, 6.07) is 1.93. The Labute approximate surface area is 124 Å². The molecular formula is C11H14ClF2IN2O. The minimum Gasteiger partial charge on any atom is -0.351 e. The zero-order chi connectivity index (χ0) is 12.8. The van der Waals surface area contributed by atoms with Crippen LogP contribution in [0.2, 0.25) is 0 Å². The van der Waals surface area contributed by atoms with E-state index in [0.717, 1.165) is 18.7 Å². The second kappa shape index (κ2) is 8.60. The Balaban J connectivity index is 0.00000289. The van der Waals surface area contributed by atoms with Gasteiger partial charge in [-0.15, -0.1) is 12.4 Å². The molecule has 0 spiro atoms. The summed E-state index contributed by atoms with van der Waals surface area (Å²) in [6.45, 7) is 3.86. The van der Waals surface area contributed by atoms with Gasteiger partial charge in [-0.1, -0.05) is 6.92 Å². The van der Waals surface area contributed by atoms with E-state index in [1.807, 2.05) is 6.92 Å². The molecule has 0 heterocycles. The maximum absolute atomic E-state index is 13.0. The first-order valence-electron chi connectivity index (χ1n) is 5.19. The largest absolute Gasteiger partial charge is 0.351 e. The van der Waals surface area contributed by atoms with Crippen molar-refractivity contribution in [2.75, 3.05) is 19.6 Å². The molecule has 0 bridgehead atoms. The van der Waals surface area contributed by atoms with Gasteiger partial charge in [-0.25, -0.2) is 8.78 Å². The van der Waals surface area contributed by atoms with E-state index in [4.69, 9.17) is 0 Å². The molecule has 18 heavy (non-hydrogen) atoms. The standard InChI is InChI=1S/C11H13F2IN2O.ClH/c1-2-15-3-4-16-11(17)7-5-8(12)9(13)6-10(7)14;/h5-6,15H,2-4H2,1H3,(H,16,17);1H. The maximum atomic E-state index is 13.0. The van der Waals surface area contributed by atoms with Crippen molar-refractivity contribution in [3.8, 4) is 0 Å². The van der Waals surface area contributed by atoms with Gasteiger partial charge in [0.15, 0.2) is 11.6 Å². The Morgan fingerprint density at radius 3 is 2.50 bits per heavy atom. The van der Waals surface area contributed by atoms with Crippen LogP contribution in [0.25, 0.3) is 0 Å². The van der Waals surface area contributed by atoms with Crippen molar-refractivity contribution in [1.82, 2.24) is 10.6 Å². The minimum atomic E-state index is -1.01. The summed E-state index contributed by atoms with van der Waals surface area (Å²) in [6.07, 6.45) is 0. The number of benzene rings is 1. The predicted octanol–water partition coefficient (Wildman–Crippen LogP) is 2.33. The number of halogens is 4. The fraction of sp³-hybridized carbons (Fsp3) is 0.364. The van der Waals surface area contributed by atoms with Gasteiger partial charge < -0.3 is 10.6 Å². The summed E-state index contributed by atoms with van der Waals surface area (Å²) in [7, 11) is 0. The minimum absolute atomic E-state index is 0. The van der Waals surface area contributed by atoms with Gasteiger partial charge in [0.05, 0.1) is 5.56 Å². The van der Waals surface area contributed by atoms with Gasteiger partial charge in [0.1, 0.15) is 0 Å². The first-order valence-corrected chi connectivity index (χ1v) is 6.27. The highest BCUT2D eigenvalue weighted by Crippen LogP contribution is 2.16. The van der Waals surface area contributed by atoms with E-state index in [0.29, 0.717) is 16.7 Å². The van der Waals surface area contributed by atoms with E-state index in [2.05, 4.69) is 10.6 Å². The van der Waals surface area contributed by atoms with E-state index in [-0.39, 0.29) is 18.0 Å². The van der Waals surface area contributed by atoms with Crippen molar-refractivity contribution >= 4 is 40.9 Å². The van der Waals surface area contributed by atoms with Crippen LogP contribution in [0.4, 0.5) is 8.78 Å². The molecule has 1 aromatic rings. The molecule has 0 unspecified atom stereocenters. The molecular weight excluding hydrogens is 376 g/mol. The Morgan fingerprint density at radius 2 is 1.89 bits per heavy atom. The van der Waals surface area contributed by atoms with Gasteiger partial charge in [-0.05, 0) is 41.3 Å². The van der Waals surface area contributed by atoms with Crippen molar-refractivity contribution < 1.29 is 13.6 Å². The average molecular weight is 391 g/mol. The third-order valence-corrected chi connectivity index (χ3v) is 2.98. The zero-order valence-corrected chi connectivity index (χ0v) is 12.7. The molecule has 0 saturated heterocycles. The van der Waals surface area contributed by atoms with Gasteiger partial charge in [-0.2, -0.15) is 0 Å². The highest BCUT2D eigenvalue weighted by atomic mass is 127. The number of likely N-dealkylation sites (N-methyl/N-ethyl adjacent to an activating group) is 1. The molecule has 0 radical (unpaired) electrons. The SMILES string of the molecule is CCNCCNC(=O)c1cc(F)c(F)cc1I.Cl. The molecule has 0 atom stereocenters.